The number of carbonyl (C=O) groups is 2. The maximum absolute atomic E-state index is 13.3. The monoisotopic (exact) mass is 507 g/mol. The molecule has 8 heteroatoms. The molecule has 0 saturated carbocycles. The van der Waals surface area contributed by atoms with Gasteiger partial charge in [-0.2, -0.15) is 0 Å². The highest BCUT2D eigenvalue weighted by atomic mass is 31.2. The maximum Gasteiger partial charge on any atom is 0.371 e. The summed E-state index contributed by atoms with van der Waals surface area (Å²) < 4.78 is 14.4. The summed E-state index contributed by atoms with van der Waals surface area (Å²) in [4.78, 5) is 28.3. The van der Waals surface area contributed by atoms with Crippen LogP contribution in [0, 0.1) is 0 Å². The Kier molecular flexibility index (Phi) is 13.2. The second-order valence-electron chi connectivity index (χ2n) is 9.87. The summed E-state index contributed by atoms with van der Waals surface area (Å²) in [6.07, 6.45) is 5.10. The van der Waals surface area contributed by atoms with Gasteiger partial charge in [-0.25, -0.2) is 9.46 Å². The summed E-state index contributed by atoms with van der Waals surface area (Å²) in [6.45, 7) is 12.2. The van der Waals surface area contributed by atoms with Crippen LogP contribution < -0.4 is 5.32 Å². The van der Waals surface area contributed by atoms with Crippen LogP contribution >= 0.6 is 8.30 Å². The van der Waals surface area contributed by atoms with Gasteiger partial charge in [-0.3, -0.25) is 4.79 Å². The van der Waals surface area contributed by atoms with Crippen molar-refractivity contribution in [1.82, 2.24) is 14.9 Å². The van der Waals surface area contributed by atoms with Gasteiger partial charge in [0.1, 0.15) is 6.61 Å². The Hall–Kier alpha value is -1.53. The van der Waals surface area contributed by atoms with Crippen molar-refractivity contribution in [3.8, 4) is 0 Å². The molecule has 1 heterocycles. The molecule has 0 spiro atoms. The first-order chi connectivity index (χ1) is 16.8. The fourth-order valence-corrected chi connectivity index (χ4v) is 6.50. The highest BCUT2D eigenvalue weighted by Gasteiger charge is 2.40. The molecular weight excluding hydrogens is 461 g/mol. The van der Waals surface area contributed by atoms with Gasteiger partial charge >= 0.3 is 5.71 Å². The second-order valence-corrected chi connectivity index (χ2v) is 11.4. The zero-order chi connectivity index (χ0) is 25.8. The van der Waals surface area contributed by atoms with Gasteiger partial charge in [0.15, 0.2) is 0 Å². The molecule has 1 fully saturated rings. The van der Waals surface area contributed by atoms with Gasteiger partial charge in [0.2, 0.25) is 14.2 Å². The number of carbonyl (C=O) groups excluding carboxylic acids is 2. The molecule has 2 rings (SSSR count). The molecule has 1 aromatic carbocycles. The largest absolute Gasteiger partial charge is 0.455 e. The predicted octanol–water partition coefficient (Wildman–Crippen LogP) is 5.93. The van der Waals surface area contributed by atoms with E-state index in [2.05, 4.69) is 44.6 Å². The second kappa shape index (κ2) is 15.6. The van der Waals surface area contributed by atoms with Crippen molar-refractivity contribution >= 4 is 19.9 Å². The molecule has 0 aliphatic carbocycles. The van der Waals surface area contributed by atoms with Crippen molar-refractivity contribution < 1.29 is 18.8 Å². The highest BCUT2D eigenvalue weighted by molar-refractivity contribution is 7.67. The number of unbranched alkanes of at least 4 members (excludes halogenated alkanes) is 2. The Labute approximate surface area is 213 Å². The van der Waals surface area contributed by atoms with Gasteiger partial charge in [0.25, 0.3) is 0 Å². The van der Waals surface area contributed by atoms with Crippen LogP contribution in [-0.4, -0.2) is 65.6 Å². The number of likely N-dealkylation sites (tertiary alicyclic amines) is 1. The summed E-state index contributed by atoms with van der Waals surface area (Å²) in [5, 5.41) is 3.15. The third-order valence-electron chi connectivity index (χ3n) is 6.36. The maximum atomic E-state index is 13.3. The van der Waals surface area contributed by atoms with Crippen molar-refractivity contribution in [3.05, 3.63) is 35.9 Å². The number of hydrogen-bond acceptors (Lipinski definition) is 6. The van der Waals surface area contributed by atoms with Gasteiger partial charge in [0.05, 0.1) is 6.10 Å². The van der Waals surface area contributed by atoms with E-state index in [0.29, 0.717) is 13.0 Å². The van der Waals surface area contributed by atoms with Crippen molar-refractivity contribution in [2.45, 2.75) is 104 Å². The molecule has 1 aliphatic heterocycles. The fourth-order valence-electron chi connectivity index (χ4n) is 4.66. The Bertz CT molecular complexity index is 754. The molecule has 1 unspecified atom stereocenters. The van der Waals surface area contributed by atoms with E-state index in [0.717, 1.165) is 44.2 Å². The van der Waals surface area contributed by atoms with E-state index in [9.17, 15) is 9.59 Å². The minimum absolute atomic E-state index is 0.129. The van der Waals surface area contributed by atoms with Crippen LogP contribution in [0.3, 0.4) is 0 Å². The Balaban J connectivity index is 2.05. The van der Waals surface area contributed by atoms with E-state index in [1.165, 1.54) is 0 Å². The van der Waals surface area contributed by atoms with E-state index in [1.807, 2.05) is 42.3 Å². The van der Waals surface area contributed by atoms with E-state index in [4.69, 9.17) is 9.26 Å². The van der Waals surface area contributed by atoms with Gasteiger partial charge in [-0.05, 0) is 72.5 Å². The van der Waals surface area contributed by atoms with Crippen LogP contribution in [0.4, 0.5) is 4.79 Å². The third-order valence-corrected chi connectivity index (χ3v) is 8.65. The number of hydrogen-bond donors (Lipinski definition) is 1. The summed E-state index contributed by atoms with van der Waals surface area (Å²) in [5.74, 6) is 0.202. The number of nitrogens with zero attached hydrogens (tertiary/aromatic N) is 2. The van der Waals surface area contributed by atoms with E-state index < -0.39 is 8.30 Å². The average molecular weight is 508 g/mol. The van der Waals surface area contributed by atoms with Crippen molar-refractivity contribution in [3.63, 3.8) is 0 Å². The van der Waals surface area contributed by atoms with Crippen LogP contribution in [0.5, 0.6) is 0 Å². The average Bonchev–Trinajstić information content (AvgIpc) is 3.25. The van der Waals surface area contributed by atoms with Crippen molar-refractivity contribution in [1.29, 1.82) is 0 Å². The van der Waals surface area contributed by atoms with Crippen LogP contribution in [0.15, 0.2) is 30.3 Å². The first-order valence-corrected chi connectivity index (χ1v) is 14.4. The molecule has 0 aromatic heterocycles. The molecule has 7 nitrogen and oxygen atoms in total. The molecule has 1 amide bonds. The fraction of sp³-hybridized carbons (Fsp3) is 0.704. The summed E-state index contributed by atoms with van der Waals surface area (Å²) in [7, 11) is 0.327. The minimum atomic E-state index is -1.62. The lowest BCUT2D eigenvalue weighted by Crippen LogP contribution is -2.37. The van der Waals surface area contributed by atoms with Gasteiger partial charge in [0, 0.05) is 31.1 Å². The Morgan fingerprint density at radius 1 is 1.11 bits per heavy atom. The number of benzene rings is 1. The van der Waals surface area contributed by atoms with Crippen molar-refractivity contribution in [2.75, 3.05) is 20.1 Å². The SMILES string of the molecule is CC[C@@H]1C[C@@H](OP(C(=O)OCc2ccccc2)N(C(C)C)C(C)C)CN1C(=O)CCCCCNC. The van der Waals surface area contributed by atoms with E-state index in [1.54, 1.807) is 0 Å². The molecular formula is C27H46N3O4P. The minimum Gasteiger partial charge on any atom is -0.455 e. The van der Waals surface area contributed by atoms with Crippen LogP contribution in [-0.2, 0) is 20.7 Å². The third kappa shape index (κ3) is 9.45. The van der Waals surface area contributed by atoms with Crippen LogP contribution in [0.2, 0.25) is 0 Å². The Morgan fingerprint density at radius 3 is 2.40 bits per heavy atom. The summed E-state index contributed by atoms with van der Waals surface area (Å²) >= 11 is 0. The van der Waals surface area contributed by atoms with Crippen molar-refractivity contribution in [2.24, 2.45) is 0 Å². The molecule has 1 aliphatic rings. The molecule has 198 valence electrons. The molecule has 1 aromatic rings. The van der Waals surface area contributed by atoms with Gasteiger partial charge in [-0.1, -0.05) is 43.7 Å². The molecule has 0 radical (unpaired) electrons. The lowest BCUT2D eigenvalue weighted by Gasteiger charge is -2.36. The lowest BCUT2D eigenvalue weighted by atomic mass is 10.1. The Morgan fingerprint density at radius 2 is 1.80 bits per heavy atom. The number of rotatable bonds is 15. The predicted molar refractivity (Wildman–Crippen MR) is 143 cm³/mol. The van der Waals surface area contributed by atoms with Crippen LogP contribution in [0.1, 0.15) is 78.7 Å². The molecule has 0 bridgehead atoms. The van der Waals surface area contributed by atoms with Gasteiger partial charge in [-0.15, -0.1) is 0 Å². The first kappa shape index (κ1) is 29.7. The zero-order valence-corrected chi connectivity index (χ0v) is 23.4. The normalized spacial score (nSPS) is 19.1. The lowest BCUT2D eigenvalue weighted by molar-refractivity contribution is -0.132. The number of amides is 1. The number of ether oxygens (including phenoxy) is 1. The topological polar surface area (TPSA) is 71.1 Å². The standard InChI is InChI=1S/C27H46N3O4P/c1-7-24-18-25(19-29(24)26(31)16-12-9-13-17-28-6)34-35(30(21(2)3)22(4)5)27(32)33-20-23-14-10-8-11-15-23/h8,10-11,14-15,21-22,24-25,28H,7,9,12-13,16-20H2,1-6H3/t24-,25-,35?/m1/s1. The van der Waals surface area contributed by atoms with Gasteiger partial charge < -0.3 is 19.5 Å². The highest BCUT2D eigenvalue weighted by Crippen LogP contribution is 2.49. The van der Waals surface area contributed by atoms with E-state index >= 15 is 0 Å². The van der Waals surface area contributed by atoms with Crippen LogP contribution in [0.25, 0.3) is 0 Å². The zero-order valence-electron chi connectivity index (χ0n) is 22.5. The molecule has 1 saturated heterocycles. The molecule has 3 atom stereocenters. The van der Waals surface area contributed by atoms with E-state index in [-0.39, 0.29) is 42.5 Å². The smallest absolute Gasteiger partial charge is 0.371 e. The first-order valence-electron chi connectivity index (χ1n) is 13.2. The molecule has 1 N–H and O–H groups in total. The molecule has 35 heavy (non-hydrogen) atoms. The number of nitrogens with one attached hydrogen (secondary N) is 1. The quantitative estimate of drug-likeness (QED) is 0.234. The summed E-state index contributed by atoms with van der Waals surface area (Å²) in [5.41, 5.74) is 0.642. The summed E-state index contributed by atoms with van der Waals surface area (Å²) in [6, 6.07) is 10.1.